The predicted octanol–water partition coefficient (Wildman–Crippen LogP) is 1.48. The summed E-state index contributed by atoms with van der Waals surface area (Å²) in [5.41, 5.74) is 0.671. The summed E-state index contributed by atoms with van der Waals surface area (Å²) in [5, 5.41) is 11.9. The van der Waals surface area contributed by atoms with E-state index >= 15 is 0 Å². The van der Waals surface area contributed by atoms with Crippen LogP contribution < -0.4 is 10.2 Å². The highest BCUT2D eigenvalue weighted by atomic mass is 16.4. The zero-order chi connectivity index (χ0) is 13.8. The lowest BCUT2D eigenvalue weighted by Gasteiger charge is -2.23. The lowest BCUT2D eigenvalue weighted by molar-refractivity contribution is -0.142. The molecule has 2 amide bonds. The quantitative estimate of drug-likeness (QED) is 0.865. The highest BCUT2D eigenvalue weighted by Gasteiger charge is 2.34. The molecule has 1 fully saturated rings. The molecule has 6 nitrogen and oxygen atoms in total. The number of rotatable bonds is 3. The lowest BCUT2D eigenvalue weighted by atomic mass is 10.0. The van der Waals surface area contributed by atoms with E-state index in [1.54, 1.807) is 31.6 Å². The summed E-state index contributed by atoms with van der Waals surface area (Å²) >= 11 is 0. The number of hydrogen-bond donors (Lipinski definition) is 2. The maximum Gasteiger partial charge on any atom is 0.321 e. The average Bonchev–Trinajstić information content (AvgIpc) is 2.87. The summed E-state index contributed by atoms with van der Waals surface area (Å²) in [5.74, 6) is -1.32. The molecule has 0 aromatic carbocycles. The minimum absolute atomic E-state index is 0.288. The summed E-state index contributed by atoms with van der Waals surface area (Å²) in [4.78, 5) is 28.5. The minimum Gasteiger partial charge on any atom is -0.481 e. The number of urea groups is 1. The van der Waals surface area contributed by atoms with Crippen LogP contribution in [0.15, 0.2) is 24.5 Å². The first kappa shape index (κ1) is 13.3. The molecule has 2 N–H and O–H groups in total. The SMILES string of the molecule is CN(C(=O)NC1CCCC1C(=O)O)c1cccnc1. The van der Waals surface area contributed by atoms with Crippen molar-refractivity contribution in [3.05, 3.63) is 24.5 Å². The van der Waals surface area contributed by atoms with Crippen molar-refractivity contribution in [1.29, 1.82) is 0 Å². The third-order valence-corrected chi connectivity index (χ3v) is 3.48. The van der Waals surface area contributed by atoms with Crippen LogP contribution in [0.2, 0.25) is 0 Å². The summed E-state index contributed by atoms with van der Waals surface area (Å²) in [6.07, 6.45) is 5.38. The smallest absolute Gasteiger partial charge is 0.321 e. The first-order chi connectivity index (χ1) is 9.09. The Hall–Kier alpha value is -2.11. The van der Waals surface area contributed by atoms with Crippen LogP contribution in [0.1, 0.15) is 19.3 Å². The third kappa shape index (κ3) is 3.01. The van der Waals surface area contributed by atoms with Gasteiger partial charge in [0.15, 0.2) is 0 Å². The van der Waals surface area contributed by atoms with Gasteiger partial charge >= 0.3 is 12.0 Å². The third-order valence-electron chi connectivity index (χ3n) is 3.48. The molecule has 6 heteroatoms. The van der Waals surface area contributed by atoms with E-state index < -0.39 is 11.9 Å². The second-order valence-electron chi connectivity index (χ2n) is 4.70. The van der Waals surface area contributed by atoms with E-state index in [9.17, 15) is 9.59 Å². The fraction of sp³-hybridized carbons (Fsp3) is 0.462. The maximum absolute atomic E-state index is 12.1. The Balaban J connectivity index is 1.99. The van der Waals surface area contributed by atoms with Crippen LogP contribution in [0.4, 0.5) is 10.5 Å². The van der Waals surface area contributed by atoms with Gasteiger partial charge in [-0.15, -0.1) is 0 Å². The molecular formula is C13H17N3O3. The van der Waals surface area contributed by atoms with E-state index in [4.69, 9.17) is 5.11 Å². The van der Waals surface area contributed by atoms with Crippen molar-refractivity contribution < 1.29 is 14.7 Å². The standard InChI is InChI=1S/C13H17N3O3/c1-16(9-4-3-7-14-8-9)13(19)15-11-6-2-5-10(11)12(17)18/h3-4,7-8,10-11H,2,5-6H2,1H3,(H,15,19)(H,17,18). The van der Waals surface area contributed by atoms with Gasteiger partial charge in [-0.05, 0) is 25.0 Å². The van der Waals surface area contributed by atoms with Gasteiger partial charge < -0.3 is 10.4 Å². The van der Waals surface area contributed by atoms with Crippen molar-refractivity contribution in [1.82, 2.24) is 10.3 Å². The number of nitrogens with zero attached hydrogens (tertiary/aromatic N) is 2. The maximum atomic E-state index is 12.1. The Morgan fingerprint density at radius 3 is 2.89 bits per heavy atom. The number of aromatic nitrogens is 1. The van der Waals surface area contributed by atoms with Crippen molar-refractivity contribution in [2.45, 2.75) is 25.3 Å². The molecule has 0 aliphatic heterocycles. The molecule has 102 valence electrons. The first-order valence-electron chi connectivity index (χ1n) is 6.26. The molecule has 0 saturated heterocycles. The van der Waals surface area contributed by atoms with Crippen LogP contribution in [0.5, 0.6) is 0 Å². The number of carboxylic acid groups (broad SMARTS) is 1. The number of nitrogens with one attached hydrogen (secondary N) is 1. The van der Waals surface area contributed by atoms with Crippen LogP contribution in [-0.2, 0) is 4.79 Å². The van der Waals surface area contributed by atoms with Crippen molar-refractivity contribution in [3.63, 3.8) is 0 Å². The largest absolute Gasteiger partial charge is 0.481 e. The molecular weight excluding hydrogens is 246 g/mol. The number of pyridine rings is 1. The van der Waals surface area contributed by atoms with Gasteiger partial charge in [-0.1, -0.05) is 6.42 Å². The molecule has 1 aliphatic carbocycles. The lowest BCUT2D eigenvalue weighted by Crippen LogP contribution is -2.46. The Kier molecular flexibility index (Phi) is 3.99. The summed E-state index contributed by atoms with van der Waals surface area (Å²) in [7, 11) is 1.64. The van der Waals surface area contributed by atoms with Crippen molar-refractivity contribution >= 4 is 17.7 Å². The van der Waals surface area contributed by atoms with Gasteiger partial charge in [0.25, 0.3) is 0 Å². The number of carbonyl (C=O) groups excluding carboxylic acids is 1. The van der Waals surface area contributed by atoms with Gasteiger partial charge in [-0.3, -0.25) is 14.7 Å². The molecule has 1 aromatic heterocycles. The number of carbonyl (C=O) groups is 2. The molecule has 1 saturated carbocycles. The molecule has 1 aromatic rings. The van der Waals surface area contributed by atoms with Gasteiger partial charge in [0.1, 0.15) is 0 Å². The number of carboxylic acids is 1. The molecule has 2 rings (SSSR count). The second kappa shape index (κ2) is 5.69. The van der Waals surface area contributed by atoms with Crippen LogP contribution in [-0.4, -0.2) is 35.2 Å². The molecule has 0 radical (unpaired) electrons. The zero-order valence-corrected chi connectivity index (χ0v) is 10.7. The Morgan fingerprint density at radius 2 is 2.26 bits per heavy atom. The first-order valence-corrected chi connectivity index (χ1v) is 6.26. The van der Waals surface area contributed by atoms with Gasteiger partial charge in [-0.25, -0.2) is 4.79 Å². The Labute approximate surface area is 111 Å². The van der Waals surface area contributed by atoms with E-state index in [1.807, 2.05) is 0 Å². The van der Waals surface area contributed by atoms with Gasteiger partial charge in [0.2, 0.25) is 0 Å². The Morgan fingerprint density at radius 1 is 1.47 bits per heavy atom. The number of amides is 2. The second-order valence-corrected chi connectivity index (χ2v) is 4.70. The molecule has 0 spiro atoms. The fourth-order valence-corrected chi connectivity index (χ4v) is 2.35. The summed E-state index contributed by atoms with van der Waals surface area (Å²) in [6, 6.07) is 2.93. The number of anilines is 1. The molecule has 2 atom stereocenters. The van der Waals surface area contributed by atoms with Gasteiger partial charge in [0, 0.05) is 19.3 Å². The van der Waals surface area contributed by atoms with Gasteiger partial charge in [0.05, 0.1) is 17.8 Å². The van der Waals surface area contributed by atoms with Crippen LogP contribution in [0, 0.1) is 5.92 Å². The number of hydrogen-bond acceptors (Lipinski definition) is 3. The van der Waals surface area contributed by atoms with Crippen molar-refractivity contribution in [2.24, 2.45) is 5.92 Å². The molecule has 1 heterocycles. The zero-order valence-electron chi connectivity index (χ0n) is 10.7. The molecule has 19 heavy (non-hydrogen) atoms. The van der Waals surface area contributed by atoms with Crippen LogP contribution >= 0.6 is 0 Å². The van der Waals surface area contributed by atoms with Crippen LogP contribution in [0.25, 0.3) is 0 Å². The predicted molar refractivity (Wildman–Crippen MR) is 69.9 cm³/mol. The molecule has 0 bridgehead atoms. The highest BCUT2D eigenvalue weighted by molar-refractivity contribution is 5.91. The average molecular weight is 263 g/mol. The minimum atomic E-state index is -0.841. The van der Waals surface area contributed by atoms with Crippen molar-refractivity contribution in [3.8, 4) is 0 Å². The van der Waals surface area contributed by atoms with Crippen LogP contribution in [0.3, 0.4) is 0 Å². The van der Waals surface area contributed by atoms with E-state index in [0.717, 1.165) is 6.42 Å². The van der Waals surface area contributed by atoms with E-state index in [1.165, 1.54) is 4.90 Å². The summed E-state index contributed by atoms with van der Waals surface area (Å²) in [6.45, 7) is 0. The summed E-state index contributed by atoms with van der Waals surface area (Å²) < 4.78 is 0. The van der Waals surface area contributed by atoms with Gasteiger partial charge in [-0.2, -0.15) is 0 Å². The normalized spacial score (nSPS) is 21.9. The van der Waals surface area contributed by atoms with E-state index in [2.05, 4.69) is 10.3 Å². The Bertz CT molecular complexity index is 463. The highest BCUT2D eigenvalue weighted by Crippen LogP contribution is 2.26. The number of aliphatic carboxylic acids is 1. The molecule has 1 aliphatic rings. The monoisotopic (exact) mass is 263 g/mol. The van der Waals surface area contributed by atoms with E-state index in [0.29, 0.717) is 18.5 Å². The molecule has 2 unspecified atom stereocenters. The topological polar surface area (TPSA) is 82.5 Å². The van der Waals surface area contributed by atoms with Crippen molar-refractivity contribution in [2.75, 3.05) is 11.9 Å². The fourth-order valence-electron chi connectivity index (χ4n) is 2.35. The van der Waals surface area contributed by atoms with E-state index in [-0.39, 0.29) is 12.1 Å².